The molecule has 0 spiro atoms. The highest BCUT2D eigenvalue weighted by atomic mass is 16.3. The Kier molecular flexibility index (Phi) is 4.52. The van der Waals surface area contributed by atoms with Crippen LogP contribution in [0.3, 0.4) is 0 Å². The zero-order valence-electron chi connectivity index (χ0n) is 18.2. The first-order chi connectivity index (χ1) is 13.7. The average Bonchev–Trinajstić information content (AvgIpc) is 3.00. The van der Waals surface area contributed by atoms with Gasteiger partial charge in [-0.2, -0.15) is 0 Å². The van der Waals surface area contributed by atoms with Crippen molar-refractivity contribution in [3.05, 3.63) is 35.9 Å². The lowest BCUT2D eigenvalue weighted by molar-refractivity contribution is -0.229. The third-order valence-electron chi connectivity index (χ3n) is 10.4. The summed E-state index contributed by atoms with van der Waals surface area (Å²) in [5, 5.41) is 34.6. The lowest BCUT2D eigenvalue weighted by Crippen LogP contribution is -2.64. The van der Waals surface area contributed by atoms with Crippen LogP contribution in [0.4, 0.5) is 0 Å². The third-order valence-corrected chi connectivity index (χ3v) is 10.4. The van der Waals surface area contributed by atoms with Crippen LogP contribution in [-0.4, -0.2) is 27.5 Å². The number of rotatable bonds is 1. The van der Waals surface area contributed by atoms with E-state index in [9.17, 15) is 15.3 Å². The van der Waals surface area contributed by atoms with Gasteiger partial charge in [-0.1, -0.05) is 57.5 Å². The van der Waals surface area contributed by atoms with E-state index < -0.39 is 17.8 Å². The van der Waals surface area contributed by atoms with Crippen molar-refractivity contribution in [3.63, 3.8) is 0 Å². The van der Waals surface area contributed by atoms with Crippen molar-refractivity contribution in [1.29, 1.82) is 0 Å². The molecule has 4 fully saturated rings. The number of hydrogen-bond donors (Lipinski definition) is 3. The fourth-order valence-electron chi connectivity index (χ4n) is 8.67. The summed E-state index contributed by atoms with van der Waals surface area (Å²) in [6.07, 6.45) is 5.88. The Morgan fingerprint density at radius 3 is 2.24 bits per heavy atom. The van der Waals surface area contributed by atoms with Gasteiger partial charge in [-0.25, -0.2) is 0 Å². The highest BCUT2D eigenvalue weighted by Crippen LogP contribution is 2.70. The van der Waals surface area contributed by atoms with Gasteiger partial charge in [-0.3, -0.25) is 0 Å². The molecule has 1 aromatic rings. The van der Waals surface area contributed by atoms with Gasteiger partial charge in [0.2, 0.25) is 0 Å². The summed E-state index contributed by atoms with van der Waals surface area (Å²) in [6, 6.07) is 10.2. The van der Waals surface area contributed by atoms with Gasteiger partial charge in [0.25, 0.3) is 0 Å². The van der Waals surface area contributed by atoms with Gasteiger partial charge < -0.3 is 15.3 Å². The number of benzene rings is 1. The van der Waals surface area contributed by atoms with Crippen molar-refractivity contribution in [3.8, 4) is 0 Å². The maximum Gasteiger partial charge on any atom is 0.0952 e. The second-order valence-electron chi connectivity index (χ2n) is 11.5. The molecule has 3 nitrogen and oxygen atoms in total. The molecule has 0 heterocycles. The Labute approximate surface area is 175 Å². The Morgan fingerprint density at radius 2 is 1.52 bits per heavy atom. The minimum Gasteiger partial charge on any atom is -0.390 e. The summed E-state index contributed by atoms with van der Waals surface area (Å²) < 4.78 is 0. The second-order valence-corrected chi connectivity index (χ2v) is 11.5. The minimum atomic E-state index is -0.840. The van der Waals surface area contributed by atoms with E-state index in [4.69, 9.17) is 0 Å². The van der Waals surface area contributed by atoms with Crippen LogP contribution < -0.4 is 0 Å². The number of hydrogen-bond acceptors (Lipinski definition) is 3. The molecule has 4 aliphatic carbocycles. The molecule has 0 amide bonds. The summed E-state index contributed by atoms with van der Waals surface area (Å²) >= 11 is 0. The van der Waals surface area contributed by atoms with Crippen LogP contribution in [0, 0.1) is 40.4 Å². The van der Waals surface area contributed by atoms with E-state index in [1.165, 1.54) is 6.42 Å². The lowest BCUT2D eigenvalue weighted by Gasteiger charge is -2.64. The van der Waals surface area contributed by atoms with Gasteiger partial charge in [0, 0.05) is 5.41 Å². The van der Waals surface area contributed by atoms with Crippen LogP contribution in [0.1, 0.15) is 71.3 Å². The number of aliphatic hydroxyl groups is 3. The molecule has 1 unspecified atom stereocenters. The molecule has 0 radical (unpaired) electrons. The molecule has 4 aliphatic rings. The molecule has 0 saturated heterocycles. The first-order valence-corrected chi connectivity index (χ1v) is 11.9. The molecule has 160 valence electrons. The van der Waals surface area contributed by atoms with Crippen LogP contribution in [0.5, 0.6) is 0 Å². The highest BCUT2D eigenvalue weighted by molar-refractivity contribution is 5.29. The maximum atomic E-state index is 11.9. The predicted octanol–water partition coefficient (Wildman–Crippen LogP) is 4.49. The average molecular weight is 399 g/mol. The summed E-state index contributed by atoms with van der Waals surface area (Å²) in [7, 11) is 0. The van der Waals surface area contributed by atoms with Crippen molar-refractivity contribution >= 4 is 0 Å². The van der Waals surface area contributed by atoms with Gasteiger partial charge >= 0.3 is 0 Å². The minimum absolute atomic E-state index is 0.0937. The second kappa shape index (κ2) is 6.55. The molecular weight excluding hydrogens is 360 g/mol. The zero-order valence-corrected chi connectivity index (χ0v) is 18.2. The lowest BCUT2D eigenvalue weighted by atomic mass is 9.42. The van der Waals surface area contributed by atoms with Gasteiger partial charge in [0.05, 0.1) is 17.8 Å². The fourth-order valence-corrected chi connectivity index (χ4v) is 8.67. The van der Waals surface area contributed by atoms with E-state index in [2.05, 4.69) is 32.9 Å². The smallest absolute Gasteiger partial charge is 0.0952 e. The van der Waals surface area contributed by atoms with Crippen LogP contribution in [0.25, 0.3) is 0 Å². The van der Waals surface area contributed by atoms with E-state index in [0.717, 1.165) is 44.1 Å². The van der Waals surface area contributed by atoms with E-state index in [-0.39, 0.29) is 28.6 Å². The maximum absolute atomic E-state index is 11.9. The van der Waals surface area contributed by atoms with E-state index in [0.29, 0.717) is 11.8 Å². The van der Waals surface area contributed by atoms with Crippen molar-refractivity contribution in [2.24, 2.45) is 40.4 Å². The van der Waals surface area contributed by atoms with E-state index >= 15 is 0 Å². The monoisotopic (exact) mass is 398 g/mol. The van der Waals surface area contributed by atoms with E-state index in [1.54, 1.807) is 0 Å². The molecule has 5 rings (SSSR count). The normalized spacial score (nSPS) is 54.3. The fraction of sp³-hybridized carbons (Fsp3) is 0.769. The third kappa shape index (κ3) is 2.53. The molecule has 29 heavy (non-hydrogen) atoms. The Hall–Kier alpha value is -0.900. The molecule has 1 aromatic carbocycles. The predicted molar refractivity (Wildman–Crippen MR) is 114 cm³/mol. The number of fused-ring (bicyclic) bond motifs is 5. The number of aliphatic hydroxyl groups excluding tert-OH is 2. The summed E-state index contributed by atoms with van der Waals surface area (Å²) in [5.74, 6) is 1.65. The topological polar surface area (TPSA) is 60.7 Å². The quantitative estimate of drug-likeness (QED) is 0.653. The summed E-state index contributed by atoms with van der Waals surface area (Å²) in [4.78, 5) is 0. The first kappa shape index (κ1) is 20.0. The summed E-state index contributed by atoms with van der Waals surface area (Å²) in [6.45, 7) is 6.95. The highest BCUT2D eigenvalue weighted by Gasteiger charge is 2.68. The molecular formula is C26H38O3. The molecule has 10 atom stereocenters. The SMILES string of the molecule is C[C@H]1CC[C@@]2(C)[C@H](C1)[C@@H](O)[C@H](O)C1[C@@H]2CC[C@@]2(C)[C@H]1CC[C@@]2(O)c1ccccc1. The van der Waals surface area contributed by atoms with Crippen LogP contribution in [0.15, 0.2) is 30.3 Å². The van der Waals surface area contributed by atoms with Crippen LogP contribution in [0.2, 0.25) is 0 Å². The Balaban J connectivity index is 1.53. The van der Waals surface area contributed by atoms with Crippen molar-refractivity contribution in [2.45, 2.75) is 83.5 Å². The first-order valence-electron chi connectivity index (χ1n) is 11.9. The van der Waals surface area contributed by atoms with Gasteiger partial charge in [0.15, 0.2) is 0 Å². The standard InChI is InChI=1S/C26H38O3/c1-16-9-12-24(2)18-10-13-25(3)19(21(18)23(28)22(27)20(24)15-16)11-14-26(25,29)17-7-5-4-6-8-17/h4-8,16,18-23,27-29H,9-15H2,1-3H3/t16-,18-,19-,20+,21?,22+,23+,24+,25-,26+/m0/s1. The zero-order chi connectivity index (χ0) is 20.6. The van der Waals surface area contributed by atoms with Gasteiger partial charge in [0.1, 0.15) is 0 Å². The molecule has 0 aliphatic heterocycles. The summed E-state index contributed by atoms with van der Waals surface area (Å²) in [5.41, 5.74) is 0.0456. The van der Waals surface area contributed by atoms with Crippen LogP contribution in [-0.2, 0) is 5.60 Å². The van der Waals surface area contributed by atoms with Crippen molar-refractivity contribution < 1.29 is 15.3 Å². The molecule has 3 N–H and O–H groups in total. The largest absolute Gasteiger partial charge is 0.390 e. The van der Waals surface area contributed by atoms with E-state index in [1.807, 2.05) is 18.2 Å². The Bertz CT molecular complexity index is 764. The molecule has 4 saturated carbocycles. The Morgan fingerprint density at radius 1 is 0.828 bits per heavy atom. The van der Waals surface area contributed by atoms with Gasteiger partial charge in [-0.15, -0.1) is 0 Å². The molecule has 3 heteroatoms. The molecule has 0 aromatic heterocycles. The van der Waals surface area contributed by atoms with Gasteiger partial charge in [-0.05, 0) is 79.1 Å². The van der Waals surface area contributed by atoms with Crippen LogP contribution >= 0.6 is 0 Å². The van der Waals surface area contributed by atoms with Crippen molar-refractivity contribution in [1.82, 2.24) is 0 Å². The molecule has 0 bridgehead atoms. The van der Waals surface area contributed by atoms with Crippen molar-refractivity contribution in [2.75, 3.05) is 0 Å².